The Kier molecular flexibility index (Phi) is 5.44. The van der Waals surface area contributed by atoms with Gasteiger partial charge in [-0.3, -0.25) is 10.1 Å². The number of rotatable bonds is 4. The number of carbonyl (C=O) groups is 2. The van der Waals surface area contributed by atoms with Crippen LogP contribution in [0.4, 0.5) is 10.5 Å². The van der Waals surface area contributed by atoms with Gasteiger partial charge in [0.2, 0.25) is 6.79 Å². The van der Waals surface area contributed by atoms with Crippen molar-refractivity contribution in [2.24, 2.45) is 0 Å². The third-order valence-electron chi connectivity index (χ3n) is 3.15. The topological polar surface area (TPSA) is 85.9 Å². The maximum absolute atomic E-state index is 11.9. The molecule has 1 aliphatic rings. The number of hydrogen-bond acceptors (Lipinski definition) is 5. The number of fused-ring (bicyclic) bond motifs is 1. The van der Waals surface area contributed by atoms with E-state index in [4.69, 9.17) is 14.2 Å². The molecule has 0 aliphatic carbocycles. The van der Waals surface area contributed by atoms with Gasteiger partial charge in [0.25, 0.3) is 5.91 Å². The monoisotopic (exact) mass is 470 g/mol. The highest BCUT2D eigenvalue weighted by Crippen LogP contribution is 2.34. The van der Waals surface area contributed by atoms with E-state index in [-0.39, 0.29) is 13.4 Å². The molecule has 130 valence electrons. The maximum Gasteiger partial charge on any atom is 0.325 e. The lowest BCUT2D eigenvalue weighted by Crippen LogP contribution is -2.37. The average Bonchev–Trinajstić information content (AvgIpc) is 3.02. The van der Waals surface area contributed by atoms with Crippen molar-refractivity contribution in [1.29, 1.82) is 0 Å². The molecule has 0 atom stereocenters. The zero-order valence-electron chi connectivity index (χ0n) is 12.7. The van der Waals surface area contributed by atoms with E-state index >= 15 is 0 Å². The molecule has 2 aromatic rings. The summed E-state index contributed by atoms with van der Waals surface area (Å²) in [5.41, 5.74) is 0.476. The van der Waals surface area contributed by atoms with Gasteiger partial charge in [0.05, 0.1) is 8.95 Å². The molecule has 1 heterocycles. The first kappa shape index (κ1) is 17.6. The number of anilines is 1. The smallest absolute Gasteiger partial charge is 0.325 e. The zero-order chi connectivity index (χ0) is 17.8. The van der Waals surface area contributed by atoms with Crippen molar-refractivity contribution in [2.45, 2.75) is 0 Å². The number of carbonyl (C=O) groups excluding carboxylic acids is 2. The third kappa shape index (κ3) is 4.43. The predicted molar refractivity (Wildman–Crippen MR) is 97.1 cm³/mol. The highest BCUT2D eigenvalue weighted by atomic mass is 79.9. The first-order valence-electron chi connectivity index (χ1n) is 7.10. The first-order chi connectivity index (χ1) is 12.0. The quantitative estimate of drug-likeness (QED) is 0.710. The summed E-state index contributed by atoms with van der Waals surface area (Å²) >= 11 is 6.66. The Labute approximate surface area is 159 Å². The number of hydrogen-bond donors (Lipinski definition) is 2. The van der Waals surface area contributed by atoms with E-state index in [1.54, 1.807) is 30.3 Å². The van der Waals surface area contributed by atoms with Crippen molar-refractivity contribution < 1.29 is 23.8 Å². The Balaban J connectivity index is 1.52. The van der Waals surface area contributed by atoms with Gasteiger partial charge in [-0.1, -0.05) is 6.07 Å². The highest BCUT2D eigenvalue weighted by molar-refractivity contribution is 9.11. The van der Waals surface area contributed by atoms with E-state index in [1.807, 2.05) is 6.07 Å². The second kappa shape index (κ2) is 7.75. The van der Waals surface area contributed by atoms with Crippen molar-refractivity contribution in [2.75, 3.05) is 18.7 Å². The number of benzene rings is 2. The Bertz CT molecular complexity index is 808. The van der Waals surface area contributed by atoms with Gasteiger partial charge in [0.15, 0.2) is 18.1 Å². The fourth-order valence-electron chi connectivity index (χ4n) is 2.06. The van der Waals surface area contributed by atoms with Crippen LogP contribution >= 0.6 is 31.9 Å². The van der Waals surface area contributed by atoms with Gasteiger partial charge >= 0.3 is 6.03 Å². The standard InChI is InChI=1S/C16H12Br2N2O5/c17-10-2-1-3-11(18)15(10)23-7-14(21)20-16(22)19-9-4-5-12-13(6-9)25-8-24-12/h1-6H,7-8H2,(H2,19,20,21,22). The second-order valence-electron chi connectivity index (χ2n) is 4.91. The fourth-order valence-corrected chi connectivity index (χ4v) is 3.28. The van der Waals surface area contributed by atoms with Gasteiger partial charge in [-0.25, -0.2) is 4.79 Å². The summed E-state index contributed by atoms with van der Waals surface area (Å²) in [5, 5.41) is 4.73. The van der Waals surface area contributed by atoms with E-state index in [0.717, 1.165) is 0 Å². The van der Waals surface area contributed by atoms with Crippen LogP contribution in [0.1, 0.15) is 0 Å². The predicted octanol–water partition coefficient (Wildman–Crippen LogP) is 3.67. The largest absolute Gasteiger partial charge is 0.481 e. The van der Waals surface area contributed by atoms with Gasteiger partial charge < -0.3 is 19.5 Å². The van der Waals surface area contributed by atoms with Crippen molar-refractivity contribution in [3.8, 4) is 17.2 Å². The number of nitrogens with one attached hydrogen (secondary N) is 2. The number of para-hydroxylation sites is 1. The molecule has 0 saturated heterocycles. The van der Waals surface area contributed by atoms with Gasteiger partial charge in [-0.15, -0.1) is 0 Å². The molecule has 0 bridgehead atoms. The van der Waals surface area contributed by atoms with Crippen molar-refractivity contribution in [1.82, 2.24) is 5.32 Å². The molecule has 3 rings (SSSR count). The fraction of sp³-hybridized carbons (Fsp3) is 0.125. The Hall–Kier alpha value is -2.26. The third-order valence-corrected chi connectivity index (χ3v) is 4.40. The molecule has 1 aliphatic heterocycles. The summed E-state index contributed by atoms with van der Waals surface area (Å²) < 4.78 is 17.2. The van der Waals surface area contributed by atoms with E-state index in [1.165, 1.54) is 0 Å². The molecule has 0 unspecified atom stereocenters. The molecule has 3 amide bonds. The van der Waals surface area contributed by atoms with E-state index in [2.05, 4.69) is 42.5 Å². The summed E-state index contributed by atoms with van der Waals surface area (Å²) in [6.07, 6.45) is 0. The lowest BCUT2D eigenvalue weighted by atomic mass is 10.3. The van der Waals surface area contributed by atoms with Crippen LogP contribution in [0.2, 0.25) is 0 Å². The molecule has 0 fully saturated rings. The summed E-state index contributed by atoms with van der Waals surface area (Å²) in [6.45, 7) is -0.165. The summed E-state index contributed by atoms with van der Waals surface area (Å²) in [6, 6.07) is 9.65. The number of imide groups is 1. The minimum Gasteiger partial charge on any atom is -0.481 e. The van der Waals surface area contributed by atoms with Crippen molar-refractivity contribution in [3.05, 3.63) is 45.3 Å². The summed E-state index contributed by atoms with van der Waals surface area (Å²) in [7, 11) is 0. The molecule has 9 heteroatoms. The van der Waals surface area contributed by atoms with Crippen LogP contribution in [0.3, 0.4) is 0 Å². The van der Waals surface area contributed by atoms with E-state index in [9.17, 15) is 9.59 Å². The van der Waals surface area contributed by atoms with Crippen LogP contribution in [-0.4, -0.2) is 25.3 Å². The van der Waals surface area contributed by atoms with Crippen LogP contribution in [0.5, 0.6) is 17.2 Å². The number of amides is 3. The molecule has 0 saturated carbocycles. The zero-order valence-corrected chi connectivity index (χ0v) is 15.8. The molecule has 0 radical (unpaired) electrons. The molecule has 0 spiro atoms. The Morgan fingerprint density at radius 2 is 1.80 bits per heavy atom. The van der Waals surface area contributed by atoms with E-state index < -0.39 is 11.9 Å². The van der Waals surface area contributed by atoms with Gasteiger partial charge in [-0.2, -0.15) is 0 Å². The second-order valence-corrected chi connectivity index (χ2v) is 6.62. The minimum atomic E-state index is -0.668. The summed E-state index contributed by atoms with van der Waals surface area (Å²) in [4.78, 5) is 23.7. The number of ether oxygens (including phenoxy) is 3. The van der Waals surface area contributed by atoms with Gasteiger partial charge in [-0.05, 0) is 56.1 Å². The highest BCUT2D eigenvalue weighted by Gasteiger charge is 2.15. The van der Waals surface area contributed by atoms with Crippen LogP contribution in [0.15, 0.2) is 45.3 Å². The van der Waals surface area contributed by atoms with Gasteiger partial charge in [0, 0.05) is 11.8 Å². The molecule has 0 aromatic heterocycles. The Morgan fingerprint density at radius 1 is 1.08 bits per heavy atom. The molecular formula is C16H12Br2N2O5. The first-order valence-corrected chi connectivity index (χ1v) is 8.69. The lowest BCUT2D eigenvalue weighted by molar-refractivity contribution is -0.121. The van der Waals surface area contributed by atoms with Crippen LogP contribution in [-0.2, 0) is 4.79 Å². The SMILES string of the molecule is O=C(COc1c(Br)cccc1Br)NC(=O)Nc1ccc2c(c1)OCO2. The minimum absolute atomic E-state index is 0.144. The van der Waals surface area contributed by atoms with Crippen molar-refractivity contribution in [3.63, 3.8) is 0 Å². The lowest BCUT2D eigenvalue weighted by Gasteiger charge is -2.10. The van der Waals surface area contributed by atoms with Crippen LogP contribution < -0.4 is 24.8 Å². The number of urea groups is 1. The molecule has 25 heavy (non-hydrogen) atoms. The average molecular weight is 472 g/mol. The number of halogens is 2. The maximum atomic E-state index is 11.9. The summed E-state index contributed by atoms with van der Waals surface area (Å²) in [5.74, 6) is 1.04. The molecule has 2 N–H and O–H groups in total. The van der Waals surface area contributed by atoms with E-state index in [0.29, 0.717) is 31.9 Å². The van der Waals surface area contributed by atoms with Crippen LogP contribution in [0, 0.1) is 0 Å². The normalized spacial score (nSPS) is 11.8. The van der Waals surface area contributed by atoms with Crippen LogP contribution in [0.25, 0.3) is 0 Å². The van der Waals surface area contributed by atoms with Crippen molar-refractivity contribution >= 4 is 49.5 Å². The molecule has 2 aromatic carbocycles. The Morgan fingerprint density at radius 3 is 2.56 bits per heavy atom. The molecular weight excluding hydrogens is 460 g/mol. The molecule has 7 nitrogen and oxygen atoms in total. The van der Waals surface area contributed by atoms with Gasteiger partial charge in [0.1, 0.15) is 5.75 Å².